The topological polar surface area (TPSA) is 80.3 Å². The third kappa shape index (κ3) is 3.75. The minimum atomic E-state index is -0.848. The van der Waals surface area contributed by atoms with Crippen LogP contribution in [0.15, 0.2) is 42.6 Å². The van der Waals surface area contributed by atoms with Gasteiger partial charge >= 0.3 is 6.09 Å². The Kier molecular flexibility index (Phi) is 4.45. The molecule has 0 saturated heterocycles. The van der Waals surface area contributed by atoms with Gasteiger partial charge in [-0.2, -0.15) is 4.39 Å². The van der Waals surface area contributed by atoms with Crippen LogP contribution < -0.4 is 10.6 Å². The summed E-state index contributed by atoms with van der Waals surface area (Å²) in [6.07, 6.45) is 0.629. The quantitative estimate of drug-likeness (QED) is 0.851. The highest BCUT2D eigenvalue weighted by Crippen LogP contribution is 2.16. The summed E-state index contributed by atoms with van der Waals surface area (Å²) >= 11 is 0. The predicted octanol–water partition coefficient (Wildman–Crippen LogP) is 2.65. The Hall–Kier alpha value is -2.96. The van der Waals surface area contributed by atoms with Crippen molar-refractivity contribution in [3.63, 3.8) is 0 Å². The van der Waals surface area contributed by atoms with Crippen molar-refractivity contribution in [2.45, 2.75) is 0 Å². The van der Waals surface area contributed by atoms with E-state index in [1.807, 2.05) is 0 Å². The Morgan fingerprint density at radius 2 is 1.86 bits per heavy atom. The van der Waals surface area contributed by atoms with Crippen molar-refractivity contribution in [1.29, 1.82) is 0 Å². The zero-order valence-corrected chi connectivity index (χ0v) is 11.1. The summed E-state index contributed by atoms with van der Waals surface area (Å²) in [7, 11) is 1.24. The first-order valence-electron chi connectivity index (χ1n) is 5.97. The molecule has 108 valence electrons. The van der Waals surface area contributed by atoms with Crippen molar-refractivity contribution in [3.8, 4) is 0 Å². The number of pyridine rings is 1. The third-order valence-corrected chi connectivity index (χ3v) is 2.56. The van der Waals surface area contributed by atoms with Crippen LogP contribution in [0.5, 0.6) is 0 Å². The van der Waals surface area contributed by atoms with Crippen molar-refractivity contribution in [2.75, 3.05) is 17.7 Å². The summed E-state index contributed by atoms with van der Waals surface area (Å²) < 4.78 is 17.9. The molecule has 6 nitrogen and oxygen atoms in total. The second kappa shape index (κ2) is 6.47. The van der Waals surface area contributed by atoms with Crippen LogP contribution in [0.1, 0.15) is 10.4 Å². The second-order valence-corrected chi connectivity index (χ2v) is 3.99. The normalized spacial score (nSPS) is 9.81. The number of halogens is 1. The molecule has 2 amide bonds. The van der Waals surface area contributed by atoms with Crippen molar-refractivity contribution in [2.24, 2.45) is 0 Å². The molecule has 0 spiro atoms. The Bertz CT molecular complexity index is 676. The first-order valence-corrected chi connectivity index (χ1v) is 5.97. The van der Waals surface area contributed by atoms with Crippen molar-refractivity contribution < 1.29 is 18.7 Å². The predicted molar refractivity (Wildman–Crippen MR) is 74.6 cm³/mol. The average molecular weight is 289 g/mol. The fraction of sp³-hybridized carbons (Fsp3) is 0.0714. The number of carbonyl (C=O) groups is 2. The Labute approximate surface area is 120 Å². The molecule has 0 aliphatic rings. The summed E-state index contributed by atoms with van der Waals surface area (Å²) in [5.74, 6) is -1.48. The van der Waals surface area contributed by atoms with Crippen LogP contribution in [0.2, 0.25) is 0 Å². The molecule has 0 bridgehead atoms. The van der Waals surface area contributed by atoms with Crippen LogP contribution in [-0.4, -0.2) is 24.1 Å². The number of methoxy groups -OCH3 is 1. The van der Waals surface area contributed by atoms with Crippen LogP contribution in [0, 0.1) is 5.95 Å². The molecule has 0 saturated carbocycles. The van der Waals surface area contributed by atoms with E-state index in [2.05, 4.69) is 20.4 Å². The van der Waals surface area contributed by atoms with Gasteiger partial charge < -0.3 is 10.1 Å². The Balaban J connectivity index is 2.13. The van der Waals surface area contributed by atoms with E-state index in [4.69, 9.17) is 0 Å². The molecule has 0 atom stereocenters. The van der Waals surface area contributed by atoms with Crippen LogP contribution in [0.4, 0.5) is 20.6 Å². The van der Waals surface area contributed by atoms with E-state index in [0.29, 0.717) is 11.4 Å². The molecule has 1 aromatic carbocycles. The number of anilines is 2. The first-order chi connectivity index (χ1) is 10.1. The van der Waals surface area contributed by atoms with Gasteiger partial charge in [-0.3, -0.25) is 10.1 Å². The van der Waals surface area contributed by atoms with Gasteiger partial charge in [-0.25, -0.2) is 9.78 Å². The van der Waals surface area contributed by atoms with Crippen LogP contribution in [0.3, 0.4) is 0 Å². The van der Waals surface area contributed by atoms with Crippen LogP contribution in [-0.2, 0) is 4.74 Å². The highest BCUT2D eigenvalue weighted by atomic mass is 19.1. The summed E-state index contributed by atoms with van der Waals surface area (Å²) in [4.78, 5) is 26.4. The van der Waals surface area contributed by atoms with Gasteiger partial charge in [0.15, 0.2) is 0 Å². The maximum atomic E-state index is 13.4. The Morgan fingerprint density at radius 1 is 1.14 bits per heavy atom. The third-order valence-electron chi connectivity index (χ3n) is 2.56. The number of hydrogen-bond donors (Lipinski definition) is 2. The number of rotatable bonds is 3. The lowest BCUT2D eigenvalue weighted by molar-refractivity contribution is 0.102. The van der Waals surface area contributed by atoms with Gasteiger partial charge in [-0.15, -0.1) is 0 Å². The van der Waals surface area contributed by atoms with Gasteiger partial charge in [0, 0.05) is 17.6 Å². The number of ether oxygens (including phenoxy) is 1. The molecule has 0 fully saturated rings. The maximum absolute atomic E-state index is 13.4. The molecule has 21 heavy (non-hydrogen) atoms. The zero-order valence-electron chi connectivity index (χ0n) is 11.1. The van der Waals surface area contributed by atoms with Crippen LogP contribution in [0.25, 0.3) is 0 Å². The van der Waals surface area contributed by atoms with E-state index >= 15 is 0 Å². The molecule has 2 N–H and O–H groups in total. The van der Waals surface area contributed by atoms with E-state index in [1.165, 1.54) is 31.5 Å². The highest BCUT2D eigenvalue weighted by Gasteiger charge is 2.12. The molecule has 7 heteroatoms. The van der Waals surface area contributed by atoms with Gasteiger partial charge in [0.2, 0.25) is 5.95 Å². The molecule has 0 aliphatic heterocycles. The summed E-state index contributed by atoms with van der Waals surface area (Å²) in [5.41, 5.74) is 0.673. The number of nitrogens with zero attached hydrogens (tertiary/aromatic N) is 1. The smallest absolute Gasteiger partial charge is 0.411 e. The minimum absolute atomic E-state index is 0.163. The van der Waals surface area contributed by atoms with E-state index < -0.39 is 17.9 Å². The van der Waals surface area contributed by atoms with E-state index in [-0.39, 0.29) is 5.56 Å². The van der Waals surface area contributed by atoms with Gasteiger partial charge in [0.25, 0.3) is 5.91 Å². The number of amides is 2. The van der Waals surface area contributed by atoms with Crippen molar-refractivity contribution in [1.82, 2.24) is 4.98 Å². The van der Waals surface area contributed by atoms with Gasteiger partial charge in [-0.1, -0.05) is 6.07 Å². The Morgan fingerprint density at radius 3 is 2.52 bits per heavy atom. The molecule has 0 unspecified atom stereocenters. The average Bonchev–Trinajstić information content (AvgIpc) is 2.47. The number of hydrogen-bond acceptors (Lipinski definition) is 4. The summed E-state index contributed by atoms with van der Waals surface area (Å²) in [6, 6.07) is 9.16. The van der Waals surface area contributed by atoms with Gasteiger partial charge in [0.05, 0.1) is 12.7 Å². The SMILES string of the molecule is COC(=O)Nc1cccc(NC(=O)c2cccnc2F)c1. The number of aromatic nitrogens is 1. The van der Waals surface area contributed by atoms with E-state index in [1.54, 1.807) is 18.2 Å². The fourth-order valence-electron chi connectivity index (χ4n) is 1.60. The lowest BCUT2D eigenvalue weighted by atomic mass is 10.2. The zero-order chi connectivity index (χ0) is 15.2. The van der Waals surface area contributed by atoms with Gasteiger partial charge in [-0.05, 0) is 30.3 Å². The molecular weight excluding hydrogens is 277 g/mol. The second-order valence-electron chi connectivity index (χ2n) is 3.99. The van der Waals surface area contributed by atoms with Crippen LogP contribution >= 0.6 is 0 Å². The lowest BCUT2D eigenvalue weighted by Gasteiger charge is -2.08. The van der Waals surface area contributed by atoms with E-state index in [0.717, 1.165) is 0 Å². The van der Waals surface area contributed by atoms with Crippen molar-refractivity contribution in [3.05, 3.63) is 54.1 Å². The fourth-order valence-corrected chi connectivity index (χ4v) is 1.60. The number of nitrogens with one attached hydrogen (secondary N) is 2. The molecule has 1 aromatic heterocycles. The molecule has 0 aliphatic carbocycles. The highest BCUT2D eigenvalue weighted by molar-refractivity contribution is 6.04. The molecule has 2 rings (SSSR count). The minimum Gasteiger partial charge on any atom is -0.453 e. The molecule has 0 radical (unpaired) electrons. The number of carbonyl (C=O) groups excluding carboxylic acids is 2. The number of benzene rings is 1. The standard InChI is InChI=1S/C14H12FN3O3/c1-21-14(20)18-10-5-2-4-9(8-10)17-13(19)11-6-3-7-16-12(11)15/h2-8H,1H3,(H,17,19)(H,18,20). The van der Waals surface area contributed by atoms with Crippen molar-refractivity contribution >= 4 is 23.4 Å². The summed E-state index contributed by atoms with van der Waals surface area (Å²) in [6.45, 7) is 0. The van der Waals surface area contributed by atoms with E-state index in [9.17, 15) is 14.0 Å². The monoisotopic (exact) mass is 289 g/mol. The first kappa shape index (κ1) is 14.4. The van der Waals surface area contributed by atoms with Gasteiger partial charge in [0.1, 0.15) is 0 Å². The lowest BCUT2D eigenvalue weighted by Crippen LogP contribution is -2.15. The largest absolute Gasteiger partial charge is 0.453 e. The molecule has 2 aromatic rings. The molecule has 1 heterocycles. The molecular formula is C14H12FN3O3. The maximum Gasteiger partial charge on any atom is 0.411 e. The summed E-state index contributed by atoms with van der Waals surface area (Å²) in [5, 5.41) is 4.98.